The number of nitrogens with zero attached hydrogens (tertiary/aromatic N) is 4. The number of aliphatic hydroxyl groups excluding tert-OH is 1. The lowest BCUT2D eigenvalue weighted by atomic mass is 10.0. The molecule has 1 saturated heterocycles. The number of anilines is 1. The number of morpholine rings is 1. The van der Waals surface area contributed by atoms with Crippen LogP contribution in [0.2, 0.25) is 0 Å². The van der Waals surface area contributed by atoms with E-state index in [2.05, 4.69) is 19.9 Å². The van der Waals surface area contributed by atoms with Crippen molar-refractivity contribution in [3.05, 3.63) is 64.8 Å². The summed E-state index contributed by atoms with van der Waals surface area (Å²) in [7, 11) is -0.698. The maximum absolute atomic E-state index is 15.0. The molecule has 33 heavy (non-hydrogen) atoms. The van der Waals surface area contributed by atoms with Gasteiger partial charge < -0.3 is 19.8 Å². The molecule has 170 valence electrons. The van der Waals surface area contributed by atoms with Crippen LogP contribution in [0.3, 0.4) is 0 Å². The lowest BCUT2D eigenvalue weighted by Crippen LogP contribution is -2.36. The fourth-order valence-corrected chi connectivity index (χ4v) is 5.58. The molecule has 3 heterocycles. The van der Waals surface area contributed by atoms with Crippen molar-refractivity contribution in [2.45, 2.75) is 13.0 Å². The summed E-state index contributed by atoms with van der Waals surface area (Å²) >= 11 is 0. The van der Waals surface area contributed by atoms with Gasteiger partial charge >= 0.3 is 5.06 Å². The normalized spacial score (nSPS) is 15.8. The van der Waals surface area contributed by atoms with Gasteiger partial charge in [-0.25, -0.2) is 14.4 Å². The topological polar surface area (TPSA) is 91.6 Å². The molecule has 7 nitrogen and oxygen atoms in total. The van der Waals surface area contributed by atoms with Crippen LogP contribution in [-0.2, 0) is 11.0 Å². The van der Waals surface area contributed by atoms with Gasteiger partial charge in [-0.05, 0) is 42.8 Å². The molecule has 2 aromatic carbocycles. The van der Waals surface area contributed by atoms with Crippen molar-refractivity contribution >= 4 is 27.1 Å². The smallest absolute Gasteiger partial charge is 0.349 e. The first kappa shape index (κ1) is 21.7. The lowest BCUT2D eigenvalue weighted by molar-refractivity contribution is 0.122. The maximum Gasteiger partial charge on any atom is 0.349 e. The summed E-state index contributed by atoms with van der Waals surface area (Å²) in [5.41, 5.74) is 3.48. The number of halogens is 1. The molecule has 1 fully saturated rings. The number of aromatic hydroxyl groups is 1. The molecule has 4 aromatic rings. The molecule has 2 unspecified atom stereocenters. The number of ether oxygens (including phenoxy) is 1. The minimum absolute atomic E-state index is 0.171. The number of rotatable bonds is 4. The van der Waals surface area contributed by atoms with Gasteiger partial charge in [-0.15, -0.1) is 0 Å². The molecule has 2 N–H and O–H groups in total. The molecule has 9 heteroatoms. The Balaban J connectivity index is 1.56. The number of fused-ring (bicyclic) bond motifs is 1. The van der Waals surface area contributed by atoms with E-state index in [-0.39, 0.29) is 10.6 Å². The average Bonchev–Trinajstić information content (AvgIpc) is 3.11. The second-order valence-corrected chi connectivity index (χ2v) is 9.84. The molecule has 2 aromatic heterocycles. The number of benzene rings is 2. The minimum atomic E-state index is -1.06. The van der Waals surface area contributed by atoms with Gasteiger partial charge in [-0.1, -0.05) is 6.07 Å². The number of aryl methyl sites for hydroxylation is 1. The molecule has 0 aliphatic carbocycles. The van der Waals surface area contributed by atoms with E-state index in [1.807, 2.05) is 24.5 Å². The first-order valence-electron chi connectivity index (χ1n) is 10.6. The largest absolute Gasteiger partial charge is 0.467 e. The lowest BCUT2D eigenvalue weighted by Gasteiger charge is -2.29. The van der Waals surface area contributed by atoms with Crippen LogP contribution in [0.25, 0.3) is 22.2 Å². The van der Waals surface area contributed by atoms with Crippen LogP contribution in [0, 0.1) is 12.7 Å². The van der Waals surface area contributed by atoms with Crippen LogP contribution in [-0.4, -0.2) is 51.5 Å². The van der Waals surface area contributed by atoms with Gasteiger partial charge in [0.1, 0.15) is 24.1 Å². The highest BCUT2D eigenvalue weighted by Crippen LogP contribution is 2.41. The Bertz CT molecular complexity index is 1340. The zero-order chi connectivity index (χ0) is 23.1. The molecule has 1 aliphatic rings. The van der Waals surface area contributed by atoms with Gasteiger partial charge in [0.15, 0.2) is 6.10 Å². The highest BCUT2D eigenvalue weighted by molar-refractivity contribution is 7.31. The zero-order valence-electron chi connectivity index (χ0n) is 18.3. The summed E-state index contributed by atoms with van der Waals surface area (Å²) in [5.74, 6) is -0.441. The molecule has 5 rings (SSSR count). The van der Waals surface area contributed by atoms with Gasteiger partial charge in [0.05, 0.1) is 24.4 Å². The van der Waals surface area contributed by atoms with E-state index in [1.54, 1.807) is 13.0 Å². The van der Waals surface area contributed by atoms with Crippen molar-refractivity contribution in [2.75, 3.05) is 31.2 Å². The molecular formula is C24H24FN4O3S+. The monoisotopic (exact) mass is 467 g/mol. The van der Waals surface area contributed by atoms with E-state index in [4.69, 9.17) is 4.74 Å². The van der Waals surface area contributed by atoms with E-state index in [0.717, 1.165) is 29.7 Å². The molecule has 0 spiro atoms. The van der Waals surface area contributed by atoms with Crippen LogP contribution in [0.15, 0.2) is 42.7 Å². The summed E-state index contributed by atoms with van der Waals surface area (Å²) in [6.45, 7) is 4.69. The maximum atomic E-state index is 15.0. The highest BCUT2D eigenvalue weighted by Gasteiger charge is 2.30. The fraction of sp³-hybridized carbons (Fsp3) is 0.292. The highest BCUT2D eigenvalue weighted by atomic mass is 32.2. The van der Waals surface area contributed by atoms with Crippen molar-refractivity contribution in [1.82, 2.24) is 15.0 Å². The Hall–Kier alpha value is -3.14. The molecule has 1 aliphatic heterocycles. The van der Waals surface area contributed by atoms with Gasteiger partial charge in [0.2, 0.25) is 0 Å². The second-order valence-electron chi connectivity index (χ2n) is 8.02. The van der Waals surface area contributed by atoms with Crippen LogP contribution in [0.5, 0.6) is 5.06 Å². The molecule has 0 saturated carbocycles. The third-order valence-electron chi connectivity index (χ3n) is 5.98. The van der Waals surface area contributed by atoms with Gasteiger partial charge in [0, 0.05) is 40.2 Å². The number of hydrogen-bond acceptors (Lipinski definition) is 7. The first-order chi connectivity index (χ1) is 15.9. The predicted octanol–water partition coefficient (Wildman–Crippen LogP) is 4.05. The van der Waals surface area contributed by atoms with Crippen molar-refractivity contribution in [3.63, 3.8) is 0 Å². The van der Waals surface area contributed by atoms with Crippen molar-refractivity contribution in [3.8, 4) is 16.3 Å². The Morgan fingerprint density at radius 2 is 1.91 bits per heavy atom. The summed E-state index contributed by atoms with van der Waals surface area (Å²) in [5, 5.41) is 22.4. The van der Waals surface area contributed by atoms with Gasteiger partial charge in [0.25, 0.3) is 5.01 Å². The zero-order valence-corrected chi connectivity index (χ0v) is 19.1. The SMILES string of the molecule is Cc1nc(C(O)c2ccc(F)c(-c3ncnc4cc(N5CCOCC5)ccc34)c2)[s+](C)c1O. The van der Waals surface area contributed by atoms with Gasteiger partial charge in [-0.2, -0.15) is 4.98 Å². The van der Waals surface area contributed by atoms with E-state index < -0.39 is 22.4 Å². The Morgan fingerprint density at radius 3 is 2.64 bits per heavy atom. The molecule has 0 bridgehead atoms. The van der Waals surface area contributed by atoms with Crippen LogP contribution in [0.4, 0.5) is 10.1 Å². The van der Waals surface area contributed by atoms with E-state index in [1.165, 1.54) is 18.5 Å². The number of thiazole rings is 1. The Kier molecular flexibility index (Phi) is 5.69. The van der Waals surface area contributed by atoms with E-state index in [0.29, 0.717) is 35.2 Å². The van der Waals surface area contributed by atoms with Crippen LogP contribution < -0.4 is 4.90 Å². The number of aromatic nitrogens is 3. The first-order valence-corrected chi connectivity index (χ1v) is 12.3. The summed E-state index contributed by atoms with van der Waals surface area (Å²) in [6.07, 6.45) is 2.18. The van der Waals surface area contributed by atoms with E-state index >= 15 is 0 Å². The number of aliphatic hydroxyl groups is 1. The Morgan fingerprint density at radius 1 is 1.12 bits per heavy atom. The third kappa shape index (κ3) is 3.92. The van der Waals surface area contributed by atoms with Crippen molar-refractivity contribution in [1.29, 1.82) is 0 Å². The number of hydrogen-bond donors (Lipinski definition) is 2. The molecule has 0 radical (unpaired) electrons. The summed E-state index contributed by atoms with van der Waals surface area (Å²) in [6, 6.07) is 10.3. The fourth-order valence-electron chi connectivity index (χ4n) is 4.15. The van der Waals surface area contributed by atoms with Crippen LogP contribution in [0.1, 0.15) is 22.4 Å². The van der Waals surface area contributed by atoms with Gasteiger partial charge in [-0.3, -0.25) is 0 Å². The predicted molar refractivity (Wildman–Crippen MR) is 126 cm³/mol. The molecule has 0 amide bonds. The second kappa shape index (κ2) is 8.66. The minimum Gasteiger partial charge on any atom is -0.467 e. The third-order valence-corrected chi connectivity index (χ3v) is 7.80. The average molecular weight is 468 g/mol. The van der Waals surface area contributed by atoms with Crippen molar-refractivity contribution < 1.29 is 19.3 Å². The van der Waals surface area contributed by atoms with Crippen LogP contribution >= 0.6 is 10.5 Å². The Labute approximate surface area is 193 Å². The van der Waals surface area contributed by atoms with E-state index in [9.17, 15) is 14.6 Å². The molecular weight excluding hydrogens is 443 g/mol. The summed E-state index contributed by atoms with van der Waals surface area (Å²) < 4.78 is 20.4. The quantitative estimate of drug-likeness (QED) is 0.438. The summed E-state index contributed by atoms with van der Waals surface area (Å²) in [4.78, 5) is 15.3. The molecule has 2 atom stereocenters. The van der Waals surface area contributed by atoms with Crippen molar-refractivity contribution in [2.24, 2.45) is 6.26 Å². The standard InChI is InChI=1S/C24H23FN4O3S/c1-14-24(31)33(2)23(28-14)22(30)15-3-6-19(25)18(11-15)21-17-5-4-16(12-20(17)26-13-27-21)29-7-9-32-10-8-29/h3-6,11-13,22,30H,7-10H2,1-2H3/p+1.